The third-order valence-corrected chi connectivity index (χ3v) is 6.00. The SMILES string of the molecule is CNC(=O)c1c(NC(=O)c2ccc(Br)cc2)sc2c1CC[C@H](C)C2. The third kappa shape index (κ3) is 3.39. The molecule has 0 bridgehead atoms. The van der Waals surface area contributed by atoms with Crippen LogP contribution in [-0.2, 0) is 12.8 Å². The van der Waals surface area contributed by atoms with Crippen LogP contribution in [-0.4, -0.2) is 18.9 Å². The van der Waals surface area contributed by atoms with E-state index in [4.69, 9.17) is 0 Å². The van der Waals surface area contributed by atoms with Gasteiger partial charge < -0.3 is 10.6 Å². The maximum Gasteiger partial charge on any atom is 0.256 e. The van der Waals surface area contributed by atoms with E-state index in [1.807, 2.05) is 12.1 Å². The number of carbonyl (C=O) groups is 2. The van der Waals surface area contributed by atoms with Crippen molar-refractivity contribution in [1.82, 2.24) is 5.32 Å². The summed E-state index contributed by atoms with van der Waals surface area (Å²) in [7, 11) is 1.62. The first-order chi connectivity index (χ1) is 11.5. The van der Waals surface area contributed by atoms with Gasteiger partial charge in [-0.15, -0.1) is 11.3 Å². The van der Waals surface area contributed by atoms with Gasteiger partial charge in [0, 0.05) is 22.0 Å². The lowest BCUT2D eigenvalue weighted by Gasteiger charge is -2.18. The van der Waals surface area contributed by atoms with E-state index in [9.17, 15) is 9.59 Å². The van der Waals surface area contributed by atoms with Crippen LogP contribution in [0.3, 0.4) is 0 Å². The second kappa shape index (κ2) is 7.07. The number of anilines is 1. The lowest BCUT2D eigenvalue weighted by molar-refractivity contribution is 0.0963. The zero-order valence-corrected chi connectivity index (χ0v) is 16.0. The van der Waals surface area contributed by atoms with Crippen molar-refractivity contribution in [2.75, 3.05) is 12.4 Å². The van der Waals surface area contributed by atoms with E-state index in [0.717, 1.165) is 29.3 Å². The summed E-state index contributed by atoms with van der Waals surface area (Å²) >= 11 is 4.90. The van der Waals surface area contributed by atoms with Gasteiger partial charge in [-0.05, 0) is 55.0 Å². The number of hydrogen-bond donors (Lipinski definition) is 2. The number of fused-ring (bicyclic) bond motifs is 1. The minimum atomic E-state index is -0.195. The van der Waals surface area contributed by atoms with Crippen molar-refractivity contribution in [2.24, 2.45) is 5.92 Å². The Bertz CT molecular complexity index is 783. The normalized spacial score (nSPS) is 16.4. The predicted octanol–water partition coefficient (Wildman–Crippen LogP) is 4.25. The first-order valence-electron chi connectivity index (χ1n) is 7.93. The molecular weight excluding hydrogens is 388 g/mol. The van der Waals surface area contributed by atoms with Gasteiger partial charge in [0.1, 0.15) is 5.00 Å². The number of nitrogens with one attached hydrogen (secondary N) is 2. The molecule has 0 saturated carbocycles. The monoisotopic (exact) mass is 406 g/mol. The minimum Gasteiger partial charge on any atom is -0.355 e. The summed E-state index contributed by atoms with van der Waals surface area (Å²) in [5, 5.41) is 6.29. The highest BCUT2D eigenvalue weighted by Gasteiger charge is 2.28. The Kier molecular flexibility index (Phi) is 5.06. The Labute approximate surface area is 153 Å². The van der Waals surface area contributed by atoms with Gasteiger partial charge in [-0.2, -0.15) is 0 Å². The zero-order chi connectivity index (χ0) is 17.3. The average molecular weight is 407 g/mol. The summed E-state index contributed by atoms with van der Waals surface area (Å²) in [5.74, 6) is 0.288. The van der Waals surface area contributed by atoms with E-state index in [1.165, 1.54) is 16.2 Å². The summed E-state index contributed by atoms with van der Waals surface area (Å²) < 4.78 is 0.922. The summed E-state index contributed by atoms with van der Waals surface area (Å²) in [6.07, 6.45) is 2.94. The van der Waals surface area contributed by atoms with Crippen LogP contribution >= 0.6 is 27.3 Å². The fraction of sp³-hybridized carbons (Fsp3) is 0.333. The van der Waals surface area contributed by atoms with Gasteiger partial charge in [-0.25, -0.2) is 0 Å². The highest BCUT2D eigenvalue weighted by atomic mass is 79.9. The molecule has 0 saturated heterocycles. The summed E-state index contributed by atoms with van der Waals surface area (Å²) in [6, 6.07) is 7.18. The number of carbonyl (C=O) groups excluding carboxylic acids is 2. The lowest BCUT2D eigenvalue weighted by atomic mass is 9.88. The Morgan fingerprint density at radius 1 is 1.21 bits per heavy atom. The molecule has 1 atom stereocenters. The molecular formula is C18H19BrN2O2S. The molecule has 3 rings (SSSR count). The molecule has 1 aromatic heterocycles. The first-order valence-corrected chi connectivity index (χ1v) is 9.54. The van der Waals surface area contributed by atoms with Crippen molar-refractivity contribution in [1.29, 1.82) is 0 Å². The Morgan fingerprint density at radius 2 is 1.92 bits per heavy atom. The standard InChI is InChI=1S/C18H19BrN2O2S/c1-10-3-8-13-14(9-10)24-18(15(13)17(23)20-2)21-16(22)11-4-6-12(19)7-5-11/h4-7,10H,3,8-9H2,1-2H3,(H,20,23)(H,21,22)/t10-/m0/s1. The number of rotatable bonds is 3. The third-order valence-electron chi connectivity index (χ3n) is 4.30. The Balaban J connectivity index is 1.93. The Morgan fingerprint density at radius 3 is 2.58 bits per heavy atom. The van der Waals surface area contributed by atoms with Gasteiger partial charge in [0.25, 0.3) is 11.8 Å². The molecule has 0 radical (unpaired) electrons. The van der Waals surface area contributed by atoms with E-state index in [-0.39, 0.29) is 11.8 Å². The van der Waals surface area contributed by atoms with Crippen molar-refractivity contribution in [3.63, 3.8) is 0 Å². The topological polar surface area (TPSA) is 58.2 Å². The lowest BCUT2D eigenvalue weighted by Crippen LogP contribution is -2.22. The Hall–Kier alpha value is -1.66. The van der Waals surface area contributed by atoms with Crippen LogP contribution in [0, 0.1) is 5.92 Å². The van der Waals surface area contributed by atoms with E-state index in [0.29, 0.717) is 22.0 Å². The molecule has 6 heteroatoms. The summed E-state index contributed by atoms with van der Waals surface area (Å²) in [6.45, 7) is 2.22. The van der Waals surface area contributed by atoms with Gasteiger partial charge in [-0.1, -0.05) is 22.9 Å². The van der Waals surface area contributed by atoms with E-state index in [2.05, 4.69) is 33.5 Å². The zero-order valence-electron chi connectivity index (χ0n) is 13.6. The molecule has 126 valence electrons. The summed E-state index contributed by atoms with van der Waals surface area (Å²) in [4.78, 5) is 26.1. The minimum absolute atomic E-state index is 0.131. The van der Waals surface area contributed by atoms with Crippen molar-refractivity contribution in [3.8, 4) is 0 Å². The van der Waals surface area contributed by atoms with Crippen LogP contribution in [0.5, 0.6) is 0 Å². The van der Waals surface area contributed by atoms with Gasteiger partial charge in [0.15, 0.2) is 0 Å². The number of benzene rings is 1. The molecule has 2 amide bonds. The molecule has 1 heterocycles. The quantitative estimate of drug-likeness (QED) is 0.800. The first kappa shape index (κ1) is 17.2. The van der Waals surface area contributed by atoms with Crippen molar-refractivity contribution < 1.29 is 9.59 Å². The molecule has 0 fully saturated rings. The fourth-order valence-electron chi connectivity index (χ4n) is 2.98. The smallest absolute Gasteiger partial charge is 0.256 e. The molecule has 2 aromatic rings. The van der Waals surface area contributed by atoms with Crippen molar-refractivity contribution in [3.05, 3.63) is 50.3 Å². The van der Waals surface area contributed by atoms with Crippen LogP contribution in [0.25, 0.3) is 0 Å². The van der Waals surface area contributed by atoms with E-state index < -0.39 is 0 Å². The van der Waals surface area contributed by atoms with Gasteiger partial charge in [-0.3, -0.25) is 9.59 Å². The average Bonchev–Trinajstić information content (AvgIpc) is 2.91. The second-order valence-electron chi connectivity index (χ2n) is 6.10. The van der Waals surface area contributed by atoms with Crippen LogP contribution in [0.15, 0.2) is 28.7 Å². The highest BCUT2D eigenvalue weighted by Crippen LogP contribution is 2.39. The van der Waals surface area contributed by atoms with E-state index >= 15 is 0 Å². The predicted molar refractivity (Wildman–Crippen MR) is 101 cm³/mol. The summed E-state index contributed by atoms with van der Waals surface area (Å²) in [5.41, 5.74) is 2.30. The van der Waals surface area contributed by atoms with Crippen LogP contribution in [0.1, 0.15) is 44.5 Å². The highest BCUT2D eigenvalue weighted by molar-refractivity contribution is 9.10. The number of thiophene rings is 1. The molecule has 1 aromatic carbocycles. The molecule has 24 heavy (non-hydrogen) atoms. The molecule has 0 spiro atoms. The fourth-order valence-corrected chi connectivity index (χ4v) is 4.65. The maximum atomic E-state index is 12.5. The molecule has 1 aliphatic carbocycles. The maximum absolute atomic E-state index is 12.5. The number of halogens is 1. The second-order valence-corrected chi connectivity index (χ2v) is 8.12. The molecule has 2 N–H and O–H groups in total. The van der Waals surface area contributed by atoms with E-state index in [1.54, 1.807) is 19.2 Å². The largest absolute Gasteiger partial charge is 0.355 e. The van der Waals surface area contributed by atoms with Crippen molar-refractivity contribution >= 4 is 44.1 Å². The van der Waals surface area contributed by atoms with Gasteiger partial charge >= 0.3 is 0 Å². The van der Waals surface area contributed by atoms with Crippen LogP contribution < -0.4 is 10.6 Å². The van der Waals surface area contributed by atoms with Crippen molar-refractivity contribution in [2.45, 2.75) is 26.2 Å². The number of hydrogen-bond acceptors (Lipinski definition) is 3. The molecule has 4 nitrogen and oxygen atoms in total. The molecule has 1 aliphatic rings. The molecule has 0 unspecified atom stereocenters. The van der Waals surface area contributed by atoms with Crippen LogP contribution in [0.2, 0.25) is 0 Å². The van der Waals surface area contributed by atoms with Gasteiger partial charge in [0.2, 0.25) is 0 Å². The van der Waals surface area contributed by atoms with Crippen LogP contribution in [0.4, 0.5) is 5.00 Å². The number of amides is 2. The molecule has 0 aliphatic heterocycles. The van der Waals surface area contributed by atoms with Gasteiger partial charge in [0.05, 0.1) is 5.56 Å².